The van der Waals surface area contributed by atoms with Crippen LogP contribution in [0.3, 0.4) is 0 Å². The zero-order valence-electron chi connectivity index (χ0n) is 16.5. The monoisotopic (exact) mass is 410 g/mol. The molecule has 0 aliphatic carbocycles. The van der Waals surface area contributed by atoms with E-state index < -0.39 is 0 Å². The van der Waals surface area contributed by atoms with E-state index in [1.165, 1.54) is 0 Å². The molecule has 1 aliphatic rings. The second-order valence-electron chi connectivity index (χ2n) is 7.42. The lowest BCUT2D eigenvalue weighted by molar-refractivity contribution is 0.142. The second kappa shape index (κ2) is 8.25. The lowest BCUT2D eigenvalue weighted by Crippen LogP contribution is -2.41. The number of halogens is 1. The highest BCUT2D eigenvalue weighted by molar-refractivity contribution is 6.31. The number of carbonyl (C=O) groups is 1. The highest BCUT2D eigenvalue weighted by atomic mass is 35.5. The van der Waals surface area contributed by atoms with Crippen LogP contribution >= 0.6 is 11.6 Å². The van der Waals surface area contributed by atoms with Crippen molar-refractivity contribution < 1.29 is 9.32 Å². The van der Waals surface area contributed by atoms with E-state index in [1.807, 2.05) is 50.2 Å². The van der Waals surface area contributed by atoms with Crippen LogP contribution in [0.5, 0.6) is 0 Å². The molecule has 2 heterocycles. The first-order valence-corrected chi connectivity index (χ1v) is 10.1. The number of hydrogen-bond donors (Lipinski definition) is 1. The largest absolute Gasteiger partial charge is 0.337 e. The standard InChI is InChI=1S/C22H23ClN4O2/c1-14-6-5-7-16(12-14)20-25-21(29-26-20)19-8-3-4-11-27(19)22(28)24-17-10-9-15(2)18(23)13-17/h5-7,9-10,12-13,19H,3-4,8,11H2,1-2H3,(H,24,28)/t19-/m0/s1. The van der Waals surface area contributed by atoms with Crippen molar-refractivity contribution in [3.63, 3.8) is 0 Å². The molecule has 0 spiro atoms. The third-order valence-corrected chi connectivity index (χ3v) is 5.60. The number of benzene rings is 2. The van der Waals surface area contributed by atoms with Gasteiger partial charge in [0.1, 0.15) is 6.04 Å². The maximum atomic E-state index is 13.0. The van der Waals surface area contributed by atoms with Crippen molar-refractivity contribution in [1.82, 2.24) is 15.0 Å². The predicted molar refractivity (Wildman–Crippen MR) is 113 cm³/mol. The number of carbonyl (C=O) groups excluding carboxylic acids is 1. The molecule has 29 heavy (non-hydrogen) atoms. The van der Waals surface area contributed by atoms with Crippen LogP contribution in [-0.4, -0.2) is 27.6 Å². The SMILES string of the molecule is Cc1cccc(-c2noc([C@@H]3CCCCN3C(=O)Nc3ccc(C)c(Cl)c3)n2)c1. The van der Waals surface area contributed by atoms with Gasteiger partial charge in [-0.1, -0.05) is 46.6 Å². The number of aromatic nitrogens is 2. The minimum Gasteiger partial charge on any atom is -0.337 e. The molecule has 0 unspecified atom stereocenters. The summed E-state index contributed by atoms with van der Waals surface area (Å²) in [5.74, 6) is 1.01. The molecule has 1 aliphatic heterocycles. The zero-order valence-corrected chi connectivity index (χ0v) is 17.2. The normalized spacial score (nSPS) is 16.7. The number of nitrogens with one attached hydrogen (secondary N) is 1. The van der Waals surface area contributed by atoms with Crippen molar-refractivity contribution in [2.45, 2.75) is 39.2 Å². The molecule has 1 saturated heterocycles. The topological polar surface area (TPSA) is 71.3 Å². The van der Waals surface area contributed by atoms with Gasteiger partial charge in [-0.3, -0.25) is 0 Å². The van der Waals surface area contributed by atoms with Crippen LogP contribution in [0.2, 0.25) is 5.02 Å². The van der Waals surface area contributed by atoms with Crippen molar-refractivity contribution in [2.24, 2.45) is 0 Å². The Bertz CT molecular complexity index is 1030. The summed E-state index contributed by atoms with van der Waals surface area (Å²) in [6, 6.07) is 13.0. The number of hydrogen-bond acceptors (Lipinski definition) is 4. The average Bonchev–Trinajstić information content (AvgIpc) is 3.21. The van der Waals surface area contributed by atoms with Crippen LogP contribution < -0.4 is 5.32 Å². The molecule has 1 N–H and O–H groups in total. The fourth-order valence-electron chi connectivity index (χ4n) is 3.57. The Morgan fingerprint density at radius 1 is 1.21 bits per heavy atom. The molecular weight excluding hydrogens is 388 g/mol. The van der Waals surface area contributed by atoms with E-state index in [1.54, 1.807) is 11.0 Å². The summed E-state index contributed by atoms with van der Waals surface area (Å²) in [6.45, 7) is 4.59. The molecule has 0 radical (unpaired) electrons. The van der Waals surface area contributed by atoms with Gasteiger partial charge in [-0.25, -0.2) is 4.79 Å². The lowest BCUT2D eigenvalue weighted by atomic mass is 10.0. The van der Waals surface area contributed by atoms with Crippen molar-refractivity contribution in [2.75, 3.05) is 11.9 Å². The first-order chi connectivity index (χ1) is 14.0. The molecule has 1 atom stereocenters. The molecule has 3 aromatic rings. The van der Waals surface area contributed by atoms with E-state index in [2.05, 4.69) is 15.5 Å². The minimum absolute atomic E-state index is 0.190. The Balaban J connectivity index is 1.54. The van der Waals surface area contributed by atoms with E-state index in [0.29, 0.717) is 29.0 Å². The van der Waals surface area contributed by atoms with Crippen molar-refractivity contribution in [1.29, 1.82) is 0 Å². The van der Waals surface area contributed by atoms with E-state index in [0.717, 1.165) is 36.0 Å². The van der Waals surface area contributed by atoms with Crippen molar-refractivity contribution in [3.8, 4) is 11.4 Å². The first-order valence-electron chi connectivity index (χ1n) is 9.75. The van der Waals surface area contributed by atoms with Gasteiger partial charge in [-0.05, 0) is 56.9 Å². The maximum absolute atomic E-state index is 13.0. The summed E-state index contributed by atoms with van der Waals surface area (Å²) in [5, 5.41) is 7.70. The smallest absolute Gasteiger partial charge is 0.322 e. The van der Waals surface area contributed by atoms with Gasteiger partial charge < -0.3 is 14.7 Å². The van der Waals surface area contributed by atoms with Crippen LogP contribution in [0.25, 0.3) is 11.4 Å². The van der Waals surface area contributed by atoms with Crippen molar-refractivity contribution >= 4 is 23.3 Å². The van der Waals surface area contributed by atoms with Crippen LogP contribution in [0.1, 0.15) is 42.3 Å². The van der Waals surface area contributed by atoms with Crippen LogP contribution in [0.15, 0.2) is 47.0 Å². The van der Waals surface area contributed by atoms with Gasteiger partial charge in [0.05, 0.1) is 0 Å². The van der Waals surface area contributed by atoms with Gasteiger partial charge in [0.25, 0.3) is 0 Å². The third-order valence-electron chi connectivity index (χ3n) is 5.19. The van der Waals surface area contributed by atoms with E-state index in [9.17, 15) is 4.79 Å². The Morgan fingerprint density at radius 3 is 2.86 bits per heavy atom. The van der Waals surface area contributed by atoms with Gasteiger partial charge in [0.15, 0.2) is 0 Å². The Hall–Kier alpha value is -2.86. The molecule has 6 nitrogen and oxygen atoms in total. The van der Waals surface area contributed by atoms with Gasteiger partial charge in [0, 0.05) is 22.8 Å². The van der Waals surface area contributed by atoms with Crippen LogP contribution in [0.4, 0.5) is 10.5 Å². The Kier molecular flexibility index (Phi) is 5.53. The third kappa shape index (κ3) is 4.27. The summed E-state index contributed by atoms with van der Waals surface area (Å²) in [7, 11) is 0. The van der Waals surface area contributed by atoms with E-state index in [-0.39, 0.29) is 12.1 Å². The number of rotatable bonds is 3. The zero-order chi connectivity index (χ0) is 20.4. The van der Waals surface area contributed by atoms with Gasteiger partial charge in [-0.2, -0.15) is 4.98 Å². The van der Waals surface area contributed by atoms with Gasteiger partial charge in [-0.15, -0.1) is 0 Å². The molecular formula is C22H23ClN4O2. The number of anilines is 1. The lowest BCUT2D eigenvalue weighted by Gasteiger charge is -2.33. The number of urea groups is 1. The number of likely N-dealkylation sites (tertiary alicyclic amines) is 1. The fourth-order valence-corrected chi connectivity index (χ4v) is 3.75. The molecule has 4 rings (SSSR count). The summed E-state index contributed by atoms with van der Waals surface area (Å²) >= 11 is 6.18. The van der Waals surface area contributed by atoms with Crippen LogP contribution in [0, 0.1) is 13.8 Å². The highest BCUT2D eigenvalue weighted by Crippen LogP contribution is 2.32. The maximum Gasteiger partial charge on any atom is 0.322 e. The average molecular weight is 411 g/mol. The second-order valence-corrected chi connectivity index (χ2v) is 7.83. The molecule has 7 heteroatoms. The van der Waals surface area contributed by atoms with Crippen molar-refractivity contribution in [3.05, 3.63) is 64.5 Å². The predicted octanol–water partition coefficient (Wildman–Crippen LogP) is 5.77. The van der Waals surface area contributed by atoms with Gasteiger partial charge >= 0.3 is 6.03 Å². The molecule has 1 fully saturated rings. The molecule has 2 aromatic carbocycles. The molecule has 1 aromatic heterocycles. The van der Waals surface area contributed by atoms with Gasteiger partial charge in [0.2, 0.25) is 11.7 Å². The number of amides is 2. The molecule has 0 saturated carbocycles. The summed E-state index contributed by atoms with van der Waals surface area (Å²) in [5.41, 5.74) is 3.67. The summed E-state index contributed by atoms with van der Waals surface area (Å²) in [6.07, 6.45) is 2.74. The van der Waals surface area contributed by atoms with E-state index in [4.69, 9.17) is 16.1 Å². The highest BCUT2D eigenvalue weighted by Gasteiger charge is 2.32. The summed E-state index contributed by atoms with van der Waals surface area (Å²) in [4.78, 5) is 19.3. The number of nitrogens with zero attached hydrogens (tertiary/aromatic N) is 3. The quantitative estimate of drug-likeness (QED) is 0.595. The van der Waals surface area contributed by atoms with E-state index >= 15 is 0 Å². The molecule has 150 valence electrons. The fraction of sp³-hybridized carbons (Fsp3) is 0.318. The van der Waals surface area contributed by atoms with Crippen LogP contribution in [-0.2, 0) is 0 Å². The molecule has 2 amide bonds. The first kappa shape index (κ1) is 19.5. The Labute approximate surface area is 174 Å². The molecule has 0 bridgehead atoms. The number of piperidine rings is 1. The summed E-state index contributed by atoms with van der Waals surface area (Å²) < 4.78 is 5.56. The number of aryl methyl sites for hydroxylation is 2. The Morgan fingerprint density at radius 2 is 2.07 bits per heavy atom. The minimum atomic E-state index is -0.240.